The van der Waals surface area contributed by atoms with Crippen molar-refractivity contribution in [1.82, 2.24) is 0 Å². The van der Waals surface area contributed by atoms with Crippen molar-refractivity contribution < 1.29 is 24.2 Å². The lowest BCUT2D eigenvalue weighted by molar-refractivity contribution is -0.201. The maximum Gasteiger partial charge on any atom is 0.342 e. The third-order valence-corrected chi connectivity index (χ3v) is 14.0. The van der Waals surface area contributed by atoms with Gasteiger partial charge in [-0.05, 0) is 98.3 Å². The van der Waals surface area contributed by atoms with E-state index >= 15 is 0 Å². The number of aromatic hydroxyl groups is 1. The Morgan fingerprint density at radius 1 is 0.952 bits per heavy atom. The highest BCUT2D eigenvalue weighted by Crippen LogP contribution is 2.81. The van der Waals surface area contributed by atoms with E-state index in [0.29, 0.717) is 12.3 Å². The number of allylic oxidation sites excluding steroid dienone is 1. The van der Waals surface area contributed by atoms with Crippen LogP contribution in [0.4, 0.5) is 0 Å². The minimum Gasteiger partial charge on any atom is -0.507 e. The summed E-state index contributed by atoms with van der Waals surface area (Å²) in [5.74, 6) is -0.151. The van der Waals surface area contributed by atoms with Gasteiger partial charge in [0.1, 0.15) is 23.0 Å². The number of carbonyl (C=O) groups is 2. The van der Waals surface area contributed by atoms with Gasteiger partial charge >= 0.3 is 11.9 Å². The Balaban J connectivity index is 1.27. The van der Waals surface area contributed by atoms with E-state index in [1.54, 1.807) is 18.2 Å². The third-order valence-electron chi connectivity index (χ3n) is 14.0. The molecule has 5 heteroatoms. The maximum atomic E-state index is 14.5. The molecule has 226 valence electrons. The molecule has 4 fully saturated rings. The molecule has 1 aromatic rings. The fourth-order valence-electron chi connectivity index (χ4n) is 11.3. The van der Waals surface area contributed by atoms with Crippen molar-refractivity contribution in [2.45, 2.75) is 118 Å². The van der Waals surface area contributed by atoms with E-state index in [1.807, 2.05) is 0 Å². The maximum absolute atomic E-state index is 14.5. The van der Waals surface area contributed by atoms with E-state index < -0.39 is 22.4 Å². The minimum absolute atomic E-state index is 0.0561. The lowest BCUT2D eigenvalue weighted by Crippen LogP contribution is -2.69. The monoisotopic (exact) mass is 572 g/mol. The van der Waals surface area contributed by atoms with Gasteiger partial charge in [0.05, 0.1) is 5.41 Å². The van der Waals surface area contributed by atoms with E-state index in [0.717, 1.165) is 38.5 Å². The first-order valence-corrected chi connectivity index (χ1v) is 16.2. The van der Waals surface area contributed by atoms with Crippen molar-refractivity contribution in [3.63, 3.8) is 0 Å². The van der Waals surface area contributed by atoms with Crippen LogP contribution in [-0.4, -0.2) is 28.8 Å². The highest BCUT2D eigenvalue weighted by Gasteiger charge is 2.83. The van der Waals surface area contributed by atoms with Crippen LogP contribution in [0.1, 0.15) is 117 Å². The molecule has 6 aliphatic rings. The zero-order chi connectivity index (χ0) is 30.1. The molecule has 1 aromatic carbocycles. The lowest BCUT2D eigenvalue weighted by atomic mass is 9.32. The molecule has 7 unspecified atom stereocenters. The topological polar surface area (TPSA) is 72.8 Å². The molecule has 2 bridgehead atoms. The van der Waals surface area contributed by atoms with Crippen LogP contribution in [0.2, 0.25) is 0 Å². The Morgan fingerprint density at radius 3 is 2.40 bits per heavy atom. The molecule has 7 atom stereocenters. The number of benzene rings is 1. The molecule has 1 saturated heterocycles. The van der Waals surface area contributed by atoms with Crippen molar-refractivity contribution in [1.29, 1.82) is 0 Å². The van der Waals surface area contributed by atoms with E-state index in [1.165, 1.54) is 30.1 Å². The molecular weight excluding hydrogens is 524 g/mol. The Hall–Kier alpha value is -2.56. The second-order valence-electron chi connectivity index (χ2n) is 16.7. The van der Waals surface area contributed by atoms with Crippen LogP contribution in [0, 0.1) is 38.4 Å². The zero-order valence-electron chi connectivity index (χ0n) is 26.6. The highest BCUT2D eigenvalue weighted by molar-refractivity contribution is 5.92. The fraction of sp³-hybridized carbons (Fsp3) is 0.676. The first kappa shape index (κ1) is 28.2. The van der Waals surface area contributed by atoms with Crippen molar-refractivity contribution in [2.24, 2.45) is 38.4 Å². The van der Waals surface area contributed by atoms with Gasteiger partial charge in [-0.15, -0.1) is 0 Å². The number of esters is 2. The molecule has 0 amide bonds. The van der Waals surface area contributed by atoms with Crippen LogP contribution in [-0.2, 0) is 14.3 Å². The Kier molecular flexibility index (Phi) is 5.60. The summed E-state index contributed by atoms with van der Waals surface area (Å²) in [4.78, 5) is 27.6. The van der Waals surface area contributed by atoms with Gasteiger partial charge in [0.15, 0.2) is 0 Å². The number of hydrogen-bond acceptors (Lipinski definition) is 5. The number of hydrogen-bond donors (Lipinski definition) is 1. The molecule has 5 aliphatic carbocycles. The summed E-state index contributed by atoms with van der Waals surface area (Å²) in [7, 11) is 0. The van der Waals surface area contributed by atoms with Gasteiger partial charge in [0.2, 0.25) is 0 Å². The number of phenolic OH excluding ortho intramolecular Hbond substituents is 1. The predicted octanol–water partition coefficient (Wildman–Crippen LogP) is 8.32. The molecule has 5 nitrogen and oxygen atoms in total. The smallest absolute Gasteiger partial charge is 0.342 e. The van der Waals surface area contributed by atoms with Gasteiger partial charge in [-0.3, -0.25) is 4.79 Å². The van der Waals surface area contributed by atoms with Crippen molar-refractivity contribution in [3.8, 4) is 5.75 Å². The largest absolute Gasteiger partial charge is 0.507 e. The average Bonchev–Trinajstić information content (AvgIpc) is 3.04. The standard InChI is InChI=1S/C37H48O5/c1-31(2)16-17-33(5)18-20-35(7)36(27(33)22-31)21-19-34(6)25-12-13-28(41-29(39)23-10-8-9-11-26(23)38)32(3,4)24(25)14-15-37(34,35)42-30(36)40/h8-11,14-15,27-28,38H,12-13,16-22H2,1-7H3. The molecule has 3 saturated carbocycles. The molecule has 7 rings (SSSR count). The Labute approximate surface area is 251 Å². The molecule has 1 heterocycles. The van der Waals surface area contributed by atoms with Crippen LogP contribution < -0.4 is 0 Å². The van der Waals surface area contributed by atoms with Crippen molar-refractivity contribution in [3.05, 3.63) is 53.1 Å². The number of ether oxygens (including phenoxy) is 2. The summed E-state index contributed by atoms with van der Waals surface area (Å²) < 4.78 is 13.0. The van der Waals surface area contributed by atoms with Crippen molar-refractivity contribution >= 4 is 11.9 Å². The minimum atomic E-state index is -0.660. The number of fused-ring (bicyclic) bond motifs is 2. The fourth-order valence-corrected chi connectivity index (χ4v) is 11.3. The Bertz CT molecular complexity index is 1450. The van der Waals surface area contributed by atoms with Crippen LogP contribution in [0.25, 0.3) is 0 Å². The SMILES string of the molecule is CC1(C)CCC2(C)CCC3(C)C4(CCC5(C)C6=C(C=CC53OC4=O)C(C)(C)C(OC(=O)c3ccccc3O)CC6)C2C1. The van der Waals surface area contributed by atoms with Gasteiger partial charge in [-0.25, -0.2) is 4.79 Å². The summed E-state index contributed by atoms with van der Waals surface area (Å²) in [6.45, 7) is 16.3. The van der Waals surface area contributed by atoms with E-state index in [9.17, 15) is 14.7 Å². The molecule has 0 aromatic heterocycles. The second-order valence-corrected chi connectivity index (χ2v) is 16.7. The lowest BCUT2D eigenvalue weighted by Gasteiger charge is -2.69. The molecule has 1 N–H and O–H groups in total. The van der Waals surface area contributed by atoms with E-state index in [-0.39, 0.29) is 45.0 Å². The Morgan fingerprint density at radius 2 is 1.67 bits per heavy atom. The summed E-state index contributed by atoms with van der Waals surface area (Å²) in [5, 5.41) is 10.2. The van der Waals surface area contributed by atoms with Crippen LogP contribution in [0.3, 0.4) is 0 Å². The summed E-state index contributed by atoms with van der Waals surface area (Å²) >= 11 is 0. The third kappa shape index (κ3) is 3.16. The predicted molar refractivity (Wildman–Crippen MR) is 162 cm³/mol. The van der Waals surface area contributed by atoms with Gasteiger partial charge in [0.25, 0.3) is 0 Å². The number of rotatable bonds is 2. The van der Waals surface area contributed by atoms with Crippen LogP contribution >= 0.6 is 0 Å². The number of carbonyl (C=O) groups excluding carboxylic acids is 2. The number of para-hydroxylation sites is 1. The van der Waals surface area contributed by atoms with Crippen LogP contribution in [0.15, 0.2) is 47.6 Å². The highest BCUT2D eigenvalue weighted by atomic mass is 16.6. The summed E-state index contributed by atoms with van der Waals surface area (Å²) in [6, 6.07) is 6.56. The van der Waals surface area contributed by atoms with Crippen molar-refractivity contribution in [2.75, 3.05) is 0 Å². The quantitative estimate of drug-likeness (QED) is 0.361. The second kappa shape index (κ2) is 8.33. The van der Waals surface area contributed by atoms with E-state index in [2.05, 4.69) is 60.6 Å². The summed E-state index contributed by atoms with van der Waals surface area (Å²) in [6.07, 6.45) is 13.2. The van der Waals surface area contributed by atoms with Gasteiger partial charge < -0.3 is 14.6 Å². The molecular formula is C37H48O5. The number of phenols is 1. The molecule has 1 spiro atoms. The molecule has 0 radical (unpaired) electrons. The van der Waals surface area contributed by atoms with Gasteiger partial charge in [0, 0.05) is 16.2 Å². The molecule has 42 heavy (non-hydrogen) atoms. The average molecular weight is 573 g/mol. The first-order chi connectivity index (χ1) is 19.6. The summed E-state index contributed by atoms with van der Waals surface area (Å²) in [5.41, 5.74) is 1.12. The van der Waals surface area contributed by atoms with Gasteiger partial charge in [-0.2, -0.15) is 0 Å². The first-order valence-electron chi connectivity index (χ1n) is 16.2. The van der Waals surface area contributed by atoms with Gasteiger partial charge in [-0.1, -0.05) is 72.2 Å². The molecule has 1 aliphatic heterocycles. The normalized spacial score (nSPS) is 44.3. The van der Waals surface area contributed by atoms with E-state index in [4.69, 9.17) is 9.47 Å². The van der Waals surface area contributed by atoms with Crippen LogP contribution in [0.5, 0.6) is 5.75 Å². The zero-order valence-corrected chi connectivity index (χ0v) is 26.6.